The summed E-state index contributed by atoms with van der Waals surface area (Å²) >= 11 is 6.62. The number of benzene rings is 2. The molecule has 0 saturated heterocycles. The van der Waals surface area contributed by atoms with Crippen LogP contribution in [0.2, 0.25) is 0 Å². The zero-order valence-electron chi connectivity index (χ0n) is 16.1. The van der Waals surface area contributed by atoms with Gasteiger partial charge in [-0.2, -0.15) is 13.6 Å². The van der Waals surface area contributed by atoms with Crippen molar-refractivity contribution in [1.29, 1.82) is 0 Å². The minimum atomic E-state index is -3.98. The van der Waals surface area contributed by atoms with Gasteiger partial charge < -0.3 is 18.8 Å². The maximum atomic E-state index is 10.7. The molecular weight excluding hydrogens is 542 g/mol. The Labute approximate surface area is 193 Å². The maximum Gasteiger partial charge on any atom is 0.380 e. The Kier molecular flexibility index (Phi) is 7.89. The van der Waals surface area contributed by atoms with E-state index in [0.29, 0.717) is 22.7 Å². The van der Waals surface area contributed by atoms with Crippen LogP contribution in [-0.4, -0.2) is 26.7 Å². The van der Waals surface area contributed by atoms with Gasteiger partial charge in [0.05, 0.1) is 22.2 Å². The first kappa shape index (κ1) is 23.2. The van der Waals surface area contributed by atoms with E-state index >= 15 is 0 Å². The van der Waals surface area contributed by atoms with Crippen molar-refractivity contribution >= 4 is 42.2 Å². The Morgan fingerprint density at radius 2 is 1.40 bits per heavy atom. The number of hydrogen-bond donors (Lipinski definition) is 2. The van der Waals surface area contributed by atoms with Crippen LogP contribution in [0.5, 0.6) is 23.0 Å². The summed E-state index contributed by atoms with van der Waals surface area (Å²) in [4.78, 5) is 0. The van der Waals surface area contributed by atoms with Gasteiger partial charge in [0.25, 0.3) is 0 Å². The van der Waals surface area contributed by atoms with Crippen molar-refractivity contribution in [3.63, 3.8) is 0 Å². The summed E-state index contributed by atoms with van der Waals surface area (Å²) in [6.07, 6.45) is 5.00. The monoisotopic (exact) mass is 563 g/mol. The summed E-state index contributed by atoms with van der Waals surface area (Å²) in [5.74, 6) is 3.29. The highest BCUT2D eigenvalue weighted by atomic mass is 79.9. The molecule has 0 amide bonds. The standard InChI is InChI=1S/C10H12BrNO4S.C10H11BrO2/c11-9-5-8(16-17(12,13)14)3-4-10(9)15-6-7-1-2-7;11-9-5-8(12)3-4-10(9)13-6-7-1-2-7/h3-5,7H,1-2,6H2,(H2,12,13,14);3-5,7,12H,1-2,6H2. The molecule has 2 aromatic rings. The molecule has 3 N–H and O–H groups in total. The number of aromatic hydroxyl groups is 1. The van der Waals surface area contributed by atoms with Crippen LogP contribution >= 0.6 is 31.9 Å². The summed E-state index contributed by atoms with van der Waals surface area (Å²) < 4.78 is 38.6. The minimum Gasteiger partial charge on any atom is -0.508 e. The van der Waals surface area contributed by atoms with Crippen molar-refractivity contribution in [2.24, 2.45) is 17.0 Å². The van der Waals surface area contributed by atoms with Gasteiger partial charge in [-0.05, 0) is 106 Å². The first-order valence-corrected chi connectivity index (χ1v) is 12.5. The van der Waals surface area contributed by atoms with Crippen molar-refractivity contribution < 1.29 is 27.2 Å². The molecule has 0 atom stereocenters. The van der Waals surface area contributed by atoms with Crippen LogP contribution in [0.15, 0.2) is 45.3 Å². The number of nitrogens with two attached hydrogens (primary N) is 1. The quantitative estimate of drug-likeness (QED) is 0.478. The second-order valence-electron chi connectivity index (χ2n) is 7.29. The molecule has 0 spiro atoms. The Morgan fingerprint density at radius 3 is 1.83 bits per heavy atom. The second-order valence-corrected chi connectivity index (χ2v) is 10.2. The van der Waals surface area contributed by atoms with Gasteiger partial charge >= 0.3 is 10.3 Å². The molecular formula is C20H23Br2NO6S. The molecule has 10 heteroatoms. The Hall–Kier alpha value is -1.49. The van der Waals surface area contributed by atoms with E-state index in [9.17, 15) is 8.42 Å². The van der Waals surface area contributed by atoms with Crippen LogP contribution in [0.4, 0.5) is 0 Å². The zero-order chi connectivity index (χ0) is 21.7. The lowest BCUT2D eigenvalue weighted by atomic mass is 10.3. The molecule has 0 aromatic heterocycles. The van der Waals surface area contributed by atoms with Crippen LogP contribution in [-0.2, 0) is 10.3 Å². The highest BCUT2D eigenvalue weighted by Gasteiger charge is 2.23. The van der Waals surface area contributed by atoms with Gasteiger partial charge in [-0.15, -0.1) is 0 Å². The summed E-state index contributed by atoms with van der Waals surface area (Å²) in [6.45, 7) is 1.48. The number of phenols is 1. The lowest BCUT2D eigenvalue weighted by molar-refractivity contribution is 0.297. The number of hydrogen-bond acceptors (Lipinski definition) is 6. The van der Waals surface area contributed by atoms with E-state index in [0.717, 1.165) is 22.7 Å². The highest BCUT2D eigenvalue weighted by molar-refractivity contribution is 9.10. The number of halogens is 2. The molecule has 0 heterocycles. The van der Waals surface area contributed by atoms with Gasteiger partial charge in [0.15, 0.2) is 0 Å². The van der Waals surface area contributed by atoms with E-state index < -0.39 is 10.3 Å². The van der Waals surface area contributed by atoms with Crippen molar-refractivity contribution in [2.45, 2.75) is 25.7 Å². The van der Waals surface area contributed by atoms with Crippen LogP contribution in [0.25, 0.3) is 0 Å². The number of ether oxygens (including phenoxy) is 2. The van der Waals surface area contributed by atoms with Gasteiger partial charge in [0.2, 0.25) is 0 Å². The normalized spacial score (nSPS) is 15.7. The topological polar surface area (TPSA) is 108 Å². The second kappa shape index (κ2) is 10.2. The molecule has 2 fully saturated rings. The third-order valence-electron chi connectivity index (χ3n) is 4.37. The van der Waals surface area contributed by atoms with Crippen LogP contribution in [0.3, 0.4) is 0 Å². The van der Waals surface area contributed by atoms with Crippen molar-refractivity contribution in [3.05, 3.63) is 45.3 Å². The minimum absolute atomic E-state index is 0.151. The van der Waals surface area contributed by atoms with Gasteiger partial charge in [-0.25, -0.2) is 0 Å². The molecule has 164 valence electrons. The first-order valence-electron chi connectivity index (χ1n) is 9.45. The molecule has 2 aliphatic rings. The Balaban J connectivity index is 0.000000177. The highest BCUT2D eigenvalue weighted by Crippen LogP contribution is 2.34. The fourth-order valence-corrected chi connectivity index (χ4v) is 3.70. The Morgan fingerprint density at radius 1 is 0.900 bits per heavy atom. The van der Waals surface area contributed by atoms with E-state index in [1.807, 2.05) is 0 Å². The zero-order valence-corrected chi connectivity index (χ0v) is 20.1. The molecule has 0 aliphatic heterocycles. The maximum absolute atomic E-state index is 10.7. The van der Waals surface area contributed by atoms with E-state index in [4.69, 9.17) is 19.7 Å². The summed E-state index contributed by atoms with van der Waals surface area (Å²) in [7, 11) is -3.98. The molecule has 0 bridgehead atoms. The predicted octanol–water partition coefficient (Wildman–Crippen LogP) is 4.76. The van der Waals surface area contributed by atoms with Gasteiger partial charge in [-0.3, -0.25) is 0 Å². The van der Waals surface area contributed by atoms with Crippen LogP contribution < -0.4 is 18.8 Å². The largest absolute Gasteiger partial charge is 0.508 e. The van der Waals surface area contributed by atoms with E-state index in [1.165, 1.54) is 37.8 Å². The summed E-state index contributed by atoms with van der Waals surface area (Å²) in [6, 6.07) is 9.70. The predicted molar refractivity (Wildman–Crippen MR) is 120 cm³/mol. The molecule has 30 heavy (non-hydrogen) atoms. The summed E-state index contributed by atoms with van der Waals surface area (Å²) in [5, 5.41) is 13.9. The third kappa shape index (κ3) is 8.33. The number of phenolic OH excluding ortho intramolecular Hbond substituents is 1. The van der Waals surface area contributed by atoms with Crippen LogP contribution in [0.1, 0.15) is 25.7 Å². The SMILES string of the molecule is NS(=O)(=O)Oc1ccc(OCC2CC2)c(Br)c1.Oc1ccc(OCC2CC2)c(Br)c1. The fourth-order valence-electron chi connectivity index (χ4n) is 2.38. The molecule has 0 unspecified atom stereocenters. The van der Waals surface area contributed by atoms with Gasteiger partial charge in [0, 0.05) is 0 Å². The third-order valence-corrected chi connectivity index (χ3v) is 6.04. The van der Waals surface area contributed by atoms with E-state index in [2.05, 4.69) is 36.0 Å². The molecule has 2 aromatic carbocycles. The van der Waals surface area contributed by atoms with Crippen molar-refractivity contribution in [3.8, 4) is 23.0 Å². The van der Waals surface area contributed by atoms with E-state index in [1.54, 1.807) is 24.3 Å². The van der Waals surface area contributed by atoms with Gasteiger partial charge in [0.1, 0.15) is 23.0 Å². The summed E-state index contributed by atoms with van der Waals surface area (Å²) in [5.41, 5.74) is 0. The van der Waals surface area contributed by atoms with Crippen molar-refractivity contribution in [1.82, 2.24) is 0 Å². The molecule has 2 aliphatic carbocycles. The number of rotatable bonds is 8. The smallest absolute Gasteiger partial charge is 0.380 e. The lowest BCUT2D eigenvalue weighted by Crippen LogP contribution is -2.18. The Bertz CT molecular complexity index is 977. The average molecular weight is 565 g/mol. The van der Waals surface area contributed by atoms with E-state index in [-0.39, 0.29) is 11.5 Å². The molecule has 7 nitrogen and oxygen atoms in total. The lowest BCUT2D eigenvalue weighted by Gasteiger charge is -2.09. The first-order chi connectivity index (χ1) is 14.2. The molecule has 0 radical (unpaired) electrons. The average Bonchev–Trinajstić information content (AvgIpc) is 3.54. The van der Waals surface area contributed by atoms with Crippen molar-refractivity contribution in [2.75, 3.05) is 13.2 Å². The fraction of sp³-hybridized carbons (Fsp3) is 0.400. The molecule has 2 saturated carbocycles. The molecule has 4 rings (SSSR count). The van der Waals surface area contributed by atoms with Gasteiger partial charge in [-0.1, -0.05) is 0 Å². The van der Waals surface area contributed by atoms with Crippen LogP contribution in [0, 0.1) is 11.8 Å².